The van der Waals surface area contributed by atoms with Crippen molar-refractivity contribution in [3.05, 3.63) is 48.0 Å². The molecule has 26 heavy (non-hydrogen) atoms. The first kappa shape index (κ1) is 19.4. The number of hydrogen-bond acceptors (Lipinski definition) is 5. The first-order valence-electron chi connectivity index (χ1n) is 7.20. The average molecular weight is 386 g/mol. The number of ether oxygens (including phenoxy) is 2. The van der Waals surface area contributed by atoms with Gasteiger partial charge in [-0.25, -0.2) is 8.42 Å². The first-order chi connectivity index (χ1) is 12.2. The van der Waals surface area contributed by atoms with Crippen molar-refractivity contribution in [1.29, 1.82) is 0 Å². The standard InChI is InChI=1S/C16H16F2N2O5S/c1-24-13-8-7-10(9-14(13)25-16(17)18)15(21)19-11-5-3-4-6-12(11)20-26(2,22)23/h3-9,16,20H,1-2H3,(H,19,21). The van der Waals surface area contributed by atoms with Gasteiger partial charge in [-0.05, 0) is 30.3 Å². The number of amides is 1. The Kier molecular flexibility index (Phi) is 5.98. The van der Waals surface area contributed by atoms with E-state index >= 15 is 0 Å². The molecule has 0 aliphatic rings. The van der Waals surface area contributed by atoms with Crippen LogP contribution in [0.5, 0.6) is 11.5 Å². The van der Waals surface area contributed by atoms with Crippen molar-refractivity contribution < 1.29 is 31.5 Å². The Labute approximate surface area is 149 Å². The van der Waals surface area contributed by atoms with Gasteiger partial charge in [0.2, 0.25) is 10.0 Å². The highest BCUT2D eigenvalue weighted by molar-refractivity contribution is 7.92. The van der Waals surface area contributed by atoms with Crippen molar-refractivity contribution in [2.45, 2.75) is 6.61 Å². The lowest BCUT2D eigenvalue weighted by atomic mass is 10.1. The van der Waals surface area contributed by atoms with Gasteiger partial charge >= 0.3 is 6.61 Å². The maximum Gasteiger partial charge on any atom is 0.387 e. The summed E-state index contributed by atoms with van der Waals surface area (Å²) >= 11 is 0. The molecule has 0 radical (unpaired) electrons. The molecule has 140 valence electrons. The molecule has 2 N–H and O–H groups in total. The molecule has 0 aliphatic heterocycles. The van der Waals surface area contributed by atoms with Crippen LogP contribution in [0, 0.1) is 0 Å². The minimum absolute atomic E-state index is 0.0237. The van der Waals surface area contributed by atoms with E-state index in [0.29, 0.717) is 0 Å². The van der Waals surface area contributed by atoms with Crippen LogP contribution in [0.2, 0.25) is 0 Å². The second-order valence-electron chi connectivity index (χ2n) is 5.12. The fraction of sp³-hybridized carbons (Fsp3) is 0.188. The fourth-order valence-electron chi connectivity index (χ4n) is 2.08. The van der Waals surface area contributed by atoms with Crippen LogP contribution in [-0.4, -0.2) is 34.3 Å². The van der Waals surface area contributed by atoms with Gasteiger partial charge in [0, 0.05) is 5.56 Å². The molecule has 0 spiro atoms. The third kappa shape index (κ3) is 5.31. The minimum atomic E-state index is -3.55. The zero-order valence-corrected chi connectivity index (χ0v) is 14.6. The summed E-state index contributed by atoms with van der Waals surface area (Å²) in [5.41, 5.74) is 0.395. The number of methoxy groups -OCH3 is 1. The lowest BCUT2D eigenvalue weighted by Crippen LogP contribution is -2.16. The Morgan fingerprint density at radius 1 is 1.08 bits per heavy atom. The molecule has 0 atom stereocenters. The highest BCUT2D eigenvalue weighted by Gasteiger charge is 2.16. The predicted octanol–water partition coefficient (Wildman–Crippen LogP) is 2.92. The smallest absolute Gasteiger partial charge is 0.387 e. The number of carbonyl (C=O) groups is 1. The molecular weight excluding hydrogens is 370 g/mol. The van der Waals surface area contributed by atoms with E-state index in [1.165, 1.54) is 31.4 Å². The number of benzene rings is 2. The minimum Gasteiger partial charge on any atom is -0.493 e. The highest BCUT2D eigenvalue weighted by Crippen LogP contribution is 2.30. The maximum absolute atomic E-state index is 12.5. The van der Waals surface area contributed by atoms with Gasteiger partial charge < -0.3 is 14.8 Å². The Hall–Kier alpha value is -2.88. The number of hydrogen-bond donors (Lipinski definition) is 2. The van der Waals surface area contributed by atoms with E-state index in [0.717, 1.165) is 12.3 Å². The summed E-state index contributed by atoms with van der Waals surface area (Å²) in [6.07, 6.45) is 0.975. The van der Waals surface area contributed by atoms with Crippen molar-refractivity contribution >= 4 is 27.3 Å². The van der Waals surface area contributed by atoms with Crippen LogP contribution in [0.15, 0.2) is 42.5 Å². The molecule has 0 bridgehead atoms. The van der Waals surface area contributed by atoms with Crippen LogP contribution < -0.4 is 19.5 Å². The van der Waals surface area contributed by atoms with E-state index in [-0.39, 0.29) is 28.4 Å². The van der Waals surface area contributed by atoms with Crippen molar-refractivity contribution in [1.82, 2.24) is 0 Å². The number of nitrogens with one attached hydrogen (secondary N) is 2. The van der Waals surface area contributed by atoms with E-state index < -0.39 is 22.5 Å². The zero-order chi connectivity index (χ0) is 19.3. The van der Waals surface area contributed by atoms with Crippen LogP contribution in [-0.2, 0) is 10.0 Å². The second-order valence-corrected chi connectivity index (χ2v) is 6.87. The monoisotopic (exact) mass is 386 g/mol. The summed E-state index contributed by atoms with van der Waals surface area (Å²) in [6.45, 7) is -3.08. The lowest BCUT2D eigenvalue weighted by Gasteiger charge is -2.13. The summed E-state index contributed by atoms with van der Waals surface area (Å²) in [6, 6.07) is 9.93. The van der Waals surface area contributed by atoms with Crippen LogP contribution in [0.3, 0.4) is 0 Å². The van der Waals surface area contributed by atoms with E-state index in [2.05, 4.69) is 14.8 Å². The van der Waals surface area contributed by atoms with E-state index in [1.807, 2.05) is 0 Å². The van der Waals surface area contributed by atoms with Crippen LogP contribution in [0.25, 0.3) is 0 Å². The quantitative estimate of drug-likeness (QED) is 0.763. The van der Waals surface area contributed by atoms with Crippen molar-refractivity contribution in [3.63, 3.8) is 0 Å². The predicted molar refractivity (Wildman–Crippen MR) is 92.5 cm³/mol. The molecule has 0 aliphatic carbocycles. The molecule has 7 nitrogen and oxygen atoms in total. The average Bonchev–Trinajstić information content (AvgIpc) is 2.54. The summed E-state index contributed by atoms with van der Waals surface area (Å²) in [7, 11) is -2.27. The third-order valence-electron chi connectivity index (χ3n) is 3.11. The Morgan fingerprint density at radius 2 is 1.73 bits per heavy atom. The van der Waals surface area contributed by atoms with Crippen molar-refractivity contribution in [3.8, 4) is 11.5 Å². The first-order valence-corrected chi connectivity index (χ1v) is 9.10. The molecule has 0 heterocycles. The van der Waals surface area contributed by atoms with Gasteiger partial charge in [0.25, 0.3) is 5.91 Å². The van der Waals surface area contributed by atoms with Gasteiger partial charge in [0.1, 0.15) is 0 Å². The topological polar surface area (TPSA) is 93.7 Å². The lowest BCUT2D eigenvalue weighted by molar-refractivity contribution is -0.0512. The van der Waals surface area contributed by atoms with Gasteiger partial charge in [-0.3, -0.25) is 9.52 Å². The largest absolute Gasteiger partial charge is 0.493 e. The van der Waals surface area contributed by atoms with Gasteiger partial charge in [-0.1, -0.05) is 12.1 Å². The number of halogens is 2. The van der Waals surface area contributed by atoms with Crippen LogP contribution in [0.1, 0.15) is 10.4 Å². The molecule has 0 saturated carbocycles. The molecule has 0 unspecified atom stereocenters. The summed E-state index contributed by atoms with van der Waals surface area (Å²) in [5, 5.41) is 2.52. The Balaban J connectivity index is 2.28. The number of alkyl halides is 2. The Morgan fingerprint density at radius 3 is 2.31 bits per heavy atom. The maximum atomic E-state index is 12.5. The zero-order valence-electron chi connectivity index (χ0n) is 13.8. The molecule has 0 saturated heterocycles. The SMILES string of the molecule is COc1ccc(C(=O)Nc2ccccc2NS(C)(=O)=O)cc1OC(F)F. The number of anilines is 2. The summed E-state index contributed by atoms with van der Waals surface area (Å²) < 4.78 is 59.3. The van der Waals surface area contributed by atoms with Gasteiger partial charge in [0.05, 0.1) is 24.7 Å². The van der Waals surface area contributed by atoms with Crippen LogP contribution >= 0.6 is 0 Å². The molecular formula is C16H16F2N2O5S. The van der Waals surface area contributed by atoms with E-state index in [1.54, 1.807) is 12.1 Å². The Bertz CT molecular complexity index is 903. The second kappa shape index (κ2) is 8.00. The van der Waals surface area contributed by atoms with Gasteiger partial charge in [-0.2, -0.15) is 8.78 Å². The van der Waals surface area contributed by atoms with Crippen LogP contribution in [0.4, 0.5) is 20.2 Å². The van der Waals surface area contributed by atoms with E-state index in [9.17, 15) is 22.0 Å². The molecule has 2 rings (SSSR count). The molecule has 2 aromatic carbocycles. The molecule has 2 aromatic rings. The normalized spacial score (nSPS) is 11.1. The third-order valence-corrected chi connectivity index (χ3v) is 3.70. The number of sulfonamides is 1. The van der Waals surface area contributed by atoms with Gasteiger partial charge in [0.15, 0.2) is 11.5 Å². The molecule has 0 aromatic heterocycles. The molecule has 1 amide bonds. The molecule has 0 fully saturated rings. The van der Waals surface area contributed by atoms with Crippen molar-refractivity contribution in [2.75, 3.05) is 23.4 Å². The number of rotatable bonds is 7. The summed E-state index contributed by atoms with van der Waals surface area (Å²) in [4.78, 5) is 12.4. The van der Waals surface area contributed by atoms with E-state index in [4.69, 9.17) is 4.74 Å². The highest BCUT2D eigenvalue weighted by atomic mass is 32.2. The van der Waals surface area contributed by atoms with Crippen molar-refractivity contribution in [2.24, 2.45) is 0 Å². The fourth-order valence-corrected chi connectivity index (χ4v) is 2.66. The summed E-state index contributed by atoms with van der Waals surface area (Å²) in [5.74, 6) is -0.895. The molecule has 10 heteroatoms. The number of para-hydroxylation sites is 2. The number of carbonyl (C=O) groups excluding carboxylic acids is 1. The van der Waals surface area contributed by atoms with Gasteiger partial charge in [-0.15, -0.1) is 0 Å².